The third-order valence-corrected chi connectivity index (χ3v) is 5.93. The predicted octanol–water partition coefficient (Wildman–Crippen LogP) is 4.86. The third kappa shape index (κ3) is 3.28. The second kappa shape index (κ2) is 7.30. The van der Waals surface area contributed by atoms with Gasteiger partial charge in [-0.3, -0.25) is 0 Å². The summed E-state index contributed by atoms with van der Waals surface area (Å²) in [7, 11) is 1.61. The van der Waals surface area contributed by atoms with Crippen LogP contribution in [0.2, 0.25) is 5.02 Å². The number of hydrogen-bond acceptors (Lipinski definition) is 3. The van der Waals surface area contributed by atoms with Crippen molar-refractivity contribution in [3.8, 4) is 5.75 Å². The molecule has 2 aromatic rings. The molecular formula is C21H20ClFN2OS. The van der Waals surface area contributed by atoms with Gasteiger partial charge >= 0.3 is 0 Å². The van der Waals surface area contributed by atoms with E-state index in [1.54, 1.807) is 14.0 Å². The van der Waals surface area contributed by atoms with Crippen LogP contribution in [-0.4, -0.2) is 25.2 Å². The summed E-state index contributed by atoms with van der Waals surface area (Å²) in [5.74, 6) is 0.508. The van der Waals surface area contributed by atoms with Gasteiger partial charge in [0.2, 0.25) is 0 Å². The Kier molecular flexibility index (Phi) is 5.01. The maximum atomic E-state index is 13.8. The highest BCUT2D eigenvalue weighted by atomic mass is 35.5. The molecule has 0 amide bonds. The van der Waals surface area contributed by atoms with Gasteiger partial charge in [-0.15, -0.1) is 12.6 Å². The number of halogens is 2. The zero-order valence-corrected chi connectivity index (χ0v) is 16.7. The van der Waals surface area contributed by atoms with Gasteiger partial charge in [-0.1, -0.05) is 29.8 Å². The van der Waals surface area contributed by atoms with Gasteiger partial charge in [0.05, 0.1) is 28.8 Å². The van der Waals surface area contributed by atoms with Crippen LogP contribution in [0.25, 0.3) is 0 Å². The van der Waals surface area contributed by atoms with Crippen molar-refractivity contribution in [2.75, 3.05) is 20.2 Å². The number of rotatable bonds is 3. The lowest BCUT2D eigenvalue weighted by Crippen LogP contribution is -2.31. The van der Waals surface area contributed by atoms with Crippen molar-refractivity contribution in [1.29, 1.82) is 0 Å². The first-order chi connectivity index (χ1) is 13.0. The molecule has 2 unspecified atom stereocenters. The third-order valence-electron chi connectivity index (χ3n) is 5.26. The Hall–Kier alpha value is -1.82. The van der Waals surface area contributed by atoms with Crippen LogP contribution in [0.4, 0.5) is 4.39 Å². The number of aryl methyl sites for hydroxylation is 1. The van der Waals surface area contributed by atoms with Crippen LogP contribution in [0.5, 0.6) is 5.75 Å². The van der Waals surface area contributed by atoms with Gasteiger partial charge in [-0.2, -0.15) is 0 Å². The molecule has 0 saturated carbocycles. The molecule has 140 valence electrons. The molecule has 0 fully saturated rings. The van der Waals surface area contributed by atoms with Gasteiger partial charge < -0.3 is 10.1 Å². The Morgan fingerprint density at radius 1 is 1.22 bits per heavy atom. The van der Waals surface area contributed by atoms with Crippen LogP contribution in [0, 0.1) is 12.7 Å². The molecule has 3 nitrogen and oxygen atoms in total. The Labute approximate surface area is 168 Å². The Bertz CT molecular complexity index is 973. The Balaban J connectivity index is 1.79. The van der Waals surface area contributed by atoms with Crippen molar-refractivity contribution in [1.82, 2.24) is 5.32 Å². The van der Waals surface area contributed by atoms with E-state index in [-0.39, 0.29) is 17.7 Å². The molecule has 2 aromatic carbocycles. The first-order valence-electron chi connectivity index (χ1n) is 8.80. The first kappa shape index (κ1) is 18.5. The lowest BCUT2D eigenvalue weighted by molar-refractivity contribution is 0.414. The van der Waals surface area contributed by atoms with E-state index >= 15 is 0 Å². The summed E-state index contributed by atoms with van der Waals surface area (Å²) in [6, 6.07) is 11.1. The molecular weight excluding hydrogens is 383 g/mol. The number of nitrogens with one attached hydrogen (secondary N) is 1. The molecule has 2 aliphatic heterocycles. The standard InChI is InChI=1S/C21H20ClFN2OS/c1-11-7-13(4-6-16(11)23)19-20-14(9-24-10-17(20)25-21(19)27)12-3-5-15(22)18(8-12)26-2/h3-8,14,19,24H,9-10H2,1-2H3,(H,25,27). The summed E-state index contributed by atoms with van der Waals surface area (Å²) < 4.78 is 19.2. The molecule has 0 spiro atoms. The lowest BCUT2D eigenvalue weighted by Gasteiger charge is -2.30. The molecule has 2 heterocycles. The molecule has 6 heteroatoms. The highest BCUT2D eigenvalue weighted by molar-refractivity contribution is 7.97. The van der Waals surface area contributed by atoms with Crippen LogP contribution < -0.4 is 10.1 Å². The molecule has 0 aromatic heterocycles. The monoisotopic (exact) mass is 402 g/mol. The quantitative estimate of drug-likeness (QED) is 0.718. The van der Waals surface area contributed by atoms with E-state index in [9.17, 15) is 4.39 Å². The largest absolute Gasteiger partial charge is 0.495 e. The number of ether oxygens (including phenoxy) is 1. The molecule has 0 aliphatic carbocycles. The second-order valence-corrected chi connectivity index (χ2v) is 7.76. The molecule has 1 N–H and O–H groups in total. The van der Waals surface area contributed by atoms with Crippen molar-refractivity contribution in [3.63, 3.8) is 0 Å². The van der Waals surface area contributed by atoms with Crippen LogP contribution in [0.15, 0.2) is 52.7 Å². The van der Waals surface area contributed by atoms with Crippen molar-refractivity contribution in [2.24, 2.45) is 4.99 Å². The van der Waals surface area contributed by atoms with E-state index in [0.29, 0.717) is 22.9 Å². The topological polar surface area (TPSA) is 33.6 Å². The fourth-order valence-electron chi connectivity index (χ4n) is 3.93. The predicted molar refractivity (Wildman–Crippen MR) is 111 cm³/mol. The van der Waals surface area contributed by atoms with Crippen molar-refractivity contribution >= 4 is 29.3 Å². The number of methoxy groups -OCH3 is 1. The van der Waals surface area contributed by atoms with E-state index in [1.807, 2.05) is 30.3 Å². The van der Waals surface area contributed by atoms with Gasteiger partial charge in [-0.05, 0) is 47.4 Å². The van der Waals surface area contributed by atoms with Gasteiger partial charge in [0, 0.05) is 19.0 Å². The smallest absolute Gasteiger partial charge is 0.137 e. The first-order valence-corrected chi connectivity index (χ1v) is 9.62. The summed E-state index contributed by atoms with van der Waals surface area (Å²) in [4.78, 5) is 4.70. The molecule has 4 rings (SSSR count). The van der Waals surface area contributed by atoms with Crippen LogP contribution in [0.1, 0.15) is 28.5 Å². The summed E-state index contributed by atoms with van der Waals surface area (Å²) in [6.07, 6.45) is 0. The van der Waals surface area contributed by atoms with Crippen molar-refractivity contribution in [3.05, 3.63) is 75.2 Å². The normalized spacial score (nSPS) is 21.9. The summed E-state index contributed by atoms with van der Waals surface area (Å²) in [5.41, 5.74) is 4.98. The molecule has 2 atom stereocenters. The molecule has 0 bridgehead atoms. The zero-order chi connectivity index (χ0) is 19.1. The van der Waals surface area contributed by atoms with Crippen molar-refractivity contribution < 1.29 is 9.13 Å². The summed E-state index contributed by atoms with van der Waals surface area (Å²) >= 11 is 10.9. The lowest BCUT2D eigenvalue weighted by atomic mass is 9.78. The number of thiol groups is 1. The fraction of sp³-hybridized carbons (Fsp3) is 0.286. The van der Waals surface area contributed by atoms with Gasteiger partial charge in [-0.25, -0.2) is 9.38 Å². The molecule has 2 aliphatic rings. The second-order valence-electron chi connectivity index (χ2n) is 6.89. The van der Waals surface area contributed by atoms with Gasteiger partial charge in [0.25, 0.3) is 0 Å². The minimum atomic E-state index is -0.201. The van der Waals surface area contributed by atoms with E-state index in [0.717, 1.165) is 28.4 Å². The number of hydrogen-bond donors (Lipinski definition) is 2. The van der Waals surface area contributed by atoms with E-state index < -0.39 is 0 Å². The average molecular weight is 403 g/mol. The number of aliphatic imine (C=N–C) groups is 1. The fourth-order valence-corrected chi connectivity index (χ4v) is 4.53. The zero-order valence-electron chi connectivity index (χ0n) is 15.1. The average Bonchev–Trinajstić information content (AvgIpc) is 3.00. The maximum Gasteiger partial charge on any atom is 0.137 e. The van der Waals surface area contributed by atoms with Crippen LogP contribution in [-0.2, 0) is 0 Å². The Morgan fingerprint density at radius 3 is 2.74 bits per heavy atom. The SMILES string of the molecule is COc1cc(C2CNCC3=C2C(c2ccc(F)c(C)c2)C(S)=N3)ccc1Cl. The van der Waals surface area contributed by atoms with E-state index in [1.165, 1.54) is 11.6 Å². The van der Waals surface area contributed by atoms with Gasteiger partial charge in [0.15, 0.2) is 0 Å². The van der Waals surface area contributed by atoms with Crippen LogP contribution in [0.3, 0.4) is 0 Å². The molecule has 0 saturated heterocycles. The van der Waals surface area contributed by atoms with Crippen LogP contribution >= 0.6 is 24.2 Å². The summed E-state index contributed by atoms with van der Waals surface area (Å²) in [5, 5.41) is 4.77. The van der Waals surface area contributed by atoms with E-state index in [2.05, 4.69) is 17.9 Å². The maximum absolute atomic E-state index is 13.8. The minimum Gasteiger partial charge on any atom is -0.495 e. The molecule has 0 radical (unpaired) electrons. The minimum absolute atomic E-state index is 0.0589. The van der Waals surface area contributed by atoms with Gasteiger partial charge in [0.1, 0.15) is 11.6 Å². The van der Waals surface area contributed by atoms with Crippen molar-refractivity contribution in [2.45, 2.75) is 18.8 Å². The van der Waals surface area contributed by atoms with E-state index in [4.69, 9.17) is 21.3 Å². The molecule has 27 heavy (non-hydrogen) atoms. The summed E-state index contributed by atoms with van der Waals surface area (Å²) in [6.45, 7) is 3.27. The highest BCUT2D eigenvalue weighted by Gasteiger charge is 2.37. The Morgan fingerprint density at radius 2 is 2.00 bits per heavy atom. The number of benzene rings is 2. The number of nitrogens with zero attached hydrogens (tertiary/aromatic N) is 1. The highest BCUT2D eigenvalue weighted by Crippen LogP contribution is 2.46.